The predicted molar refractivity (Wildman–Crippen MR) is 61.1 cm³/mol. The van der Waals surface area contributed by atoms with Gasteiger partial charge in [0.2, 0.25) is 0 Å². The first kappa shape index (κ1) is 10.4. The van der Waals surface area contributed by atoms with Crippen molar-refractivity contribution in [1.82, 2.24) is 5.32 Å². The Hall–Kier alpha value is -1.15. The molecule has 0 atom stereocenters. The van der Waals surface area contributed by atoms with Crippen molar-refractivity contribution >= 4 is 5.78 Å². The minimum atomic E-state index is 0.238. The quantitative estimate of drug-likeness (QED) is 0.789. The van der Waals surface area contributed by atoms with E-state index >= 15 is 0 Å². The zero-order valence-corrected chi connectivity index (χ0v) is 9.18. The topological polar surface area (TPSA) is 29.1 Å². The van der Waals surface area contributed by atoms with Gasteiger partial charge in [-0.1, -0.05) is 18.2 Å². The number of carbonyl (C=O) groups excluding carboxylic acids is 1. The minimum absolute atomic E-state index is 0.238. The fourth-order valence-corrected chi connectivity index (χ4v) is 2.12. The number of hydrogen-bond donors (Lipinski definition) is 1. The van der Waals surface area contributed by atoms with E-state index in [4.69, 9.17) is 0 Å². The number of ketones is 1. The second kappa shape index (κ2) is 4.58. The Morgan fingerprint density at radius 1 is 1.27 bits per heavy atom. The van der Waals surface area contributed by atoms with E-state index in [1.54, 1.807) is 6.92 Å². The summed E-state index contributed by atoms with van der Waals surface area (Å²) in [6.45, 7) is 3.77. The standard InChI is InChI=1S/C13H17NO/c1-10(15)8-11-2-3-12-4-6-14-7-5-13(12)9-11/h2-3,9,14H,4-8H2,1H3. The van der Waals surface area contributed by atoms with Crippen molar-refractivity contribution in [1.29, 1.82) is 0 Å². The molecular formula is C13H17NO. The van der Waals surface area contributed by atoms with Gasteiger partial charge < -0.3 is 5.32 Å². The van der Waals surface area contributed by atoms with Crippen LogP contribution in [-0.2, 0) is 24.1 Å². The number of Topliss-reactive ketones (excluding diaryl/α,β-unsaturated/α-hetero) is 1. The van der Waals surface area contributed by atoms with E-state index in [2.05, 4.69) is 23.5 Å². The summed E-state index contributed by atoms with van der Waals surface area (Å²) in [5.74, 6) is 0.238. The molecule has 0 aromatic heterocycles. The van der Waals surface area contributed by atoms with Crippen molar-refractivity contribution in [3.63, 3.8) is 0 Å². The van der Waals surface area contributed by atoms with Crippen molar-refractivity contribution < 1.29 is 4.79 Å². The van der Waals surface area contributed by atoms with Crippen LogP contribution in [0.3, 0.4) is 0 Å². The van der Waals surface area contributed by atoms with Crippen LogP contribution in [0.15, 0.2) is 18.2 Å². The fraction of sp³-hybridized carbons (Fsp3) is 0.462. The molecule has 2 nitrogen and oxygen atoms in total. The summed E-state index contributed by atoms with van der Waals surface area (Å²) in [4.78, 5) is 11.0. The van der Waals surface area contributed by atoms with Crippen molar-refractivity contribution in [2.75, 3.05) is 13.1 Å². The number of hydrogen-bond acceptors (Lipinski definition) is 2. The highest BCUT2D eigenvalue weighted by Gasteiger charge is 2.08. The molecule has 0 amide bonds. The largest absolute Gasteiger partial charge is 0.316 e. The van der Waals surface area contributed by atoms with E-state index < -0.39 is 0 Å². The third-order valence-electron chi connectivity index (χ3n) is 2.87. The van der Waals surface area contributed by atoms with Crippen LogP contribution in [0.5, 0.6) is 0 Å². The number of rotatable bonds is 2. The summed E-state index contributed by atoms with van der Waals surface area (Å²) in [6.07, 6.45) is 2.76. The number of nitrogens with one attached hydrogen (secondary N) is 1. The minimum Gasteiger partial charge on any atom is -0.316 e. The number of fused-ring (bicyclic) bond motifs is 1. The predicted octanol–water partition coefficient (Wildman–Crippen LogP) is 1.51. The van der Waals surface area contributed by atoms with Gasteiger partial charge in [-0.15, -0.1) is 0 Å². The van der Waals surface area contributed by atoms with Gasteiger partial charge in [-0.3, -0.25) is 4.79 Å². The van der Waals surface area contributed by atoms with Crippen LogP contribution in [0.1, 0.15) is 23.6 Å². The zero-order valence-electron chi connectivity index (χ0n) is 9.18. The Morgan fingerprint density at radius 2 is 2.00 bits per heavy atom. The maximum Gasteiger partial charge on any atom is 0.134 e. The molecule has 0 saturated carbocycles. The van der Waals surface area contributed by atoms with Crippen LogP contribution in [0.4, 0.5) is 0 Å². The molecule has 15 heavy (non-hydrogen) atoms. The van der Waals surface area contributed by atoms with Crippen LogP contribution in [0.25, 0.3) is 0 Å². The molecule has 0 saturated heterocycles. The molecule has 1 aromatic carbocycles. The van der Waals surface area contributed by atoms with Crippen LogP contribution in [0.2, 0.25) is 0 Å². The highest BCUT2D eigenvalue weighted by Crippen LogP contribution is 2.15. The third-order valence-corrected chi connectivity index (χ3v) is 2.87. The summed E-state index contributed by atoms with van der Waals surface area (Å²) >= 11 is 0. The number of benzene rings is 1. The van der Waals surface area contributed by atoms with E-state index in [1.807, 2.05) is 0 Å². The smallest absolute Gasteiger partial charge is 0.134 e. The summed E-state index contributed by atoms with van der Waals surface area (Å²) < 4.78 is 0. The molecule has 1 aliphatic heterocycles. The van der Waals surface area contributed by atoms with Gasteiger partial charge in [0.05, 0.1) is 0 Å². The van der Waals surface area contributed by atoms with Crippen molar-refractivity contribution in [3.8, 4) is 0 Å². The van der Waals surface area contributed by atoms with Crippen LogP contribution in [0, 0.1) is 0 Å². The van der Waals surface area contributed by atoms with Crippen molar-refractivity contribution in [3.05, 3.63) is 34.9 Å². The lowest BCUT2D eigenvalue weighted by Gasteiger charge is -2.07. The van der Waals surface area contributed by atoms with Gasteiger partial charge in [0, 0.05) is 6.42 Å². The van der Waals surface area contributed by atoms with Crippen LogP contribution < -0.4 is 5.32 Å². The SMILES string of the molecule is CC(=O)Cc1ccc2c(c1)CCNCC2. The van der Waals surface area contributed by atoms with E-state index in [9.17, 15) is 4.79 Å². The lowest BCUT2D eigenvalue weighted by molar-refractivity contribution is -0.116. The molecule has 1 aromatic rings. The maximum absolute atomic E-state index is 11.0. The first-order valence-corrected chi connectivity index (χ1v) is 5.56. The molecule has 0 aliphatic carbocycles. The van der Waals surface area contributed by atoms with E-state index in [1.165, 1.54) is 11.1 Å². The second-order valence-corrected chi connectivity index (χ2v) is 4.23. The molecule has 0 radical (unpaired) electrons. The summed E-state index contributed by atoms with van der Waals surface area (Å²) in [7, 11) is 0. The van der Waals surface area contributed by atoms with Gasteiger partial charge in [0.25, 0.3) is 0 Å². The zero-order chi connectivity index (χ0) is 10.7. The van der Waals surface area contributed by atoms with Gasteiger partial charge in [0.1, 0.15) is 5.78 Å². The average molecular weight is 203 g/mol. The Labute approximate surface area is 90.7 Å². The molecule has 0 unspecified atom stereocenters. The molecule has 0 bridgehead atoms. The monoisotopic (exact) mass is 203 g/mol. The number of carbonyl (C=O) groups is 1. The van der Waals surface area contributed by atoms with Crippen molar-refractivity contribution in [2.24, 2.45) is 0 Å². The summed E-state index contributed by atoms with van der Waals surface area (Å²) in [6, 6.07) is 6.47. The normalized spacial score (nSPS) is 15.5. The highest BCUT2D eigenvalue weighted by molar-refractivity contribution is 5.78. The van der Waals surface area contributed by atoms with Gasteiger partial charge in [-0.25, -0.2) is 0 Å². The molecule has 2 rings (SSSR count). The van der Waals surface area contributed by atoms with E-state index in [0.29, 0.717) is 6.42 Å². The molecule has 0 spiro atoms. The lowest BCUT2D eigenvalue weighted by atomic mass is 9.98. The van der Waals surface area contributed by atoms with Gasteiger partial charge in [-0.2, -0.15) is 0 Å². The summed E-state index contributed by atoms with van der Waals surface area (Å²) in [5.41, 5.74) is 4.01. The third kappa shape index (κ3) is 2.66. The first-order chi connectivity index (χ1) is 7.25. The fourth-order valence-electron chi connectivity index (χ4n) is 2.12. The molecule has 0 fully saturated rings. The molecule has 1 aliphatic rings. The lowest BCUT2D eigenvalue weighted by Crippen LogP contribution is -2.16. The maximum atomic E-state index is 11.0. The average Bonchev–Trinajstić information content (AvgIpc) is 2.41. The van der Waals surface area contributed by atoms with E-state index in [-0.39, 0.29) is 5.78 Å². The van der Waals surface area contributed by atoms with Crippen molar-refractivity contribution in [2.45, 2.75) is 26.2 Å². The van der Waals surface area contributed by atoms with Crippen LogP contribution >= 0.6 is 0 Å². The molecular weight excluding hydrogens is 186 g/mol. The summed E-state index contributed by atoms with van der Waals surface area (Å²) in [5, 5.41) is 3.39. The first-order valence-electron chi connectivity index (χ1n) is 5.56. The van der Waals surface area contributed by atoms with Gasteiger partial charge in [0.15, 0.2) is 0 Å². The molecule has 1 N–H and O–H groups in total. The molecule has 1 heterocycles. The van der Waals surface area contributed by atoms with Crippen LogP contribution in [-0.4, -0.2) is 18.9 Å². The molecule has 2 heteroatoms. The Morgan fingerprint density at radius 3 is 2.73 bits per heavy atom. The Bertz CT molecular complexity index is 371. The highest BCUT2D eigenvalue weighted by atomic mass is 16.1. The molecule has 80 valence electrons. The van der Waals surface area contributed by atoms with E-state index in [0.717, 1.165) is 31.5 Å². The van der Waals surface area contributed by atoms with Gasteiger partial charge in [-0.05, 0) is 49.5 Å². The Balaban J connectivity index is 2.23. The second-order valence-electron chi connectivity index (χ2n) is 4.23. The van der Waals surface area contributed by atoms with Gasteiger partial charge >= 0.3 is 0 Å². The Kier molecular flexibility index (Phi) is 3.17.